The highest BCUT2D eigenvalue weighted by Crippen LogP contribution is 2.18. The Balaban J connectivity index is 1.70. The monoisotopic (exact) mass is 324 g/mol. The van der Waals surface area contributed by atoms with Gasteiger partial charge in [-0.05, 0) is 25.3 Å². The average Bonchev–Trinajstić information content (AvgIpc) is 2.91. The van der Waals surface area contributed by atoms with Gasteiger partial charge >= 0.3 is 0 Å². The van der Waals surface area contributed by atoms with E-state index >= 15 is 0 Å². The molecule has 0 spiro atoms. The molecule has 0 aliphatic carbocycles. The van der Waals surface area contributed by atoms with Gasteiger partial charge in [0, 0.05) is 25.2 Å². The quantitative estimate of drug-likeness (QED) is 0.932. The average molecular weight is 324 g/mol. The maximum atomic E-state index is 12.7. The molecule has 2 heterocycles. The zero-order chi connectivity index (χ0) is 16.8. The molecule has 5 heteroatoms. The van der Waals surface area contributed by atoms with Crippen molar-refractivity contribution >= 4 is 11.7 Å². The third-order valence-electron chi connectivity index (χ3n) is 4.44. The molecule has 126 valence electrons. The predicted octanol–water partition coefficient (Wildman–Crippen LogP) is 3.67. The molecular weight excluding hydrogens is 300 g/mol. The van der Waals surface area contributed by atoms with Crippen LogP contribution in [0, 0.1) is 0 Å². The third kappa shape index (κ3) is 4.10. The highest BCUT2D eigenvalue weighted by atomic mass is 16.2. The number of carbonyl (C=O) groups is 1. The van der Waals surface area contributed by atoms with Gasteiger partial charge in [0.15, 0.2) is 0 Å². The van der Waals surface area contributed by atoms with Crippen molar-refractivity contribution in [3.8, 4) is 0 Å². The van der Waals surface area contributed by atoms with Crippen LogP contribution in [0.1, 0.15) is 54.7 Å². The summed E-state index contributed by atoms with van der Waals surface area (Å²) in [5.74, 6) is 0.689. The van der Waals surface area contributed by atoms with E-state index in [1.54, 1.807) is 6.07 Å². The molecule has 1 atom stereocenters. The molecule has 1 saturated heterocycles. The minimum Gasteiger partial charge on any atom is -0.363 e. The van der Waals surface area contributed by atoms with E-state index in [4.69, 9.17) is 0 Å². The third-order valence-corrected chi connectivity index (χ3v) is 4.44. The topological polar surface area (TPSA) is 58.1 Å². The molecule has 1 unspecified atom stereocenters. The minimum atomic E-state index is 0.00899. The van der Waals surface area contributed by atoms with E-state index in [9.17, 15) is 4.79 Å². The summed E-state index contributed by atoms with van der Waals surface area (Å²) in [6.07, 6.45) is 6.02. The first-order valence-corrected chi connectivity index (χ1v) is 8.67. The van der Waals surface area contributed by atoms with Crippen LogP contribution in [0.15, 0.2) is 42.7 Å². The van der Waals surface area contributed by atoms with Crippen LogP contribution in [0.5, 0.6) is 0 Å². The standard InChI is InChI=1S/C19H24N4O/c1-15(16-9-5-4-6-10-16)22-18-13-17(20-14-21-18)19(24)23-11-7-2-3-8-12-23/h4-6,9-10,13-15H,2-3,7-8,11-12H2,1H3,(H,20,21,22). The lowest BCUT2D eigenvalue weighted by molar-refractivity contribution is 0.0755. The van der Waals surface area contributed by atoms with Crippen molar-refractivity contribution in [2.45, 2.75) is 38.6 Å². The molecule has 5 nitrogen and oxygen atoms in total. The molecule has 1 fully saturated rings. The lowest BCUT2D eigenvalue weighted by Gasteiger charge is -2.20. The molecule has 1 aromatic heterocycles. The molecule has 1 aliphatic heterocycles. The smallest absolute Gasteiger partial charge is 0.272 e. The van der Waals surface area contributed by atoms with Crippen molar-refractivity contribution in [1.82, 2.24) is 14.9 Å². The van der Waals surface area contributed by atoms with Crippen LogP contribution in [0.3, 0.4) is 0 Å². The van der Waals surface area contributed by atoms with Crippen LogP contribution in [0.4, 0.5) is 5.82 Å². The summed E-state index contributed by atoms with van der Waals surface area (Å²) in [4.78, 5) is 23.0. The van der Waals surface area contributed by atoms with Gasteiger partial charge in [-0.3, -0.25) is 4.79 Å². The largest absolute Gasteiger partial charge is 0.363 e. The Bertz CT molecular complexity index is 666. The van der Waals surface area contributed by atoms with Gasteiger partial charge in [0.1, 0.15) is 17.8 Å². The zero-order valence-electron chi connectivity index (χ0n) is 14.1. The van der Waals surface area contributed by atoms with Gasteiger partial charge in [-0.1, -0.05) is 43.2 Å². The van der Waals surface area contributed by atoms with Crippen molar-refractivity contribution in [2.75, 3.05) is 18.4 Å². The van der Waals surface area contributed by atoms with Gasteiger partial charge in [0.25, 0.3) is 5.91 Å². The summed E-state index contributed by atoms with van der Waals surface area (Å²) in [7, 11) is 0. The molecule has 1 aliphatic rings. The lowest BCUT2D eigenvalue weighted by atomic mass is 10.1. The number of amides is 1. The van der Waals surface area contributed by atoms with Crippen molar-refractivity contribution in [1.29, 1.82) is 0 Å². The fourth-order valence-electron chi connectivity index (χ4n) is 3.04. The SMILES string of the molecule is CC(Nc1cc(C(=O)N2CCCCCC2)ncn1)c1ccccc1. The number of carbonyl (C=O) groups excluding carboxylic acids is 1. The second-order valence-corrected chi connectivity index (χ2v) is 6.27. The maximum Gasteiger partial charge on any atom is 0.272 e. The lowest BCUT2D eigenvalue weighted by Crippen LogP contribution is -2.32. The molecule has 3 rings (SSSR count). The van der Waals surface area contributed by atoms with E-state index in [1.807, 2.05) is 23.1 Å². The van der Waals surface area contributed by atoms with E-state index in [1.165, 1.54) is 24.7 Å². The van der Waals surface area contributed by atoms with Gasteiger partial charge in [-0.25, -0.2) is 9.97 Å². The van der Waals surface area contributed by atoms with Crippen molar-refractivity contribution in [3.63, 3.8) is 0 Å². The first-order valence-electron chi connectivity index (χ1n) is 8.67. The fraction of sp³-hybridized carbons (Fsp3) is 0.421. The summed E-state index contributed by atoms with van der Waals surface area (Å²) >= 11 is 0. The van der Waals surface area contributed by atoms with Crippen LogP contribution in [-0.4, -0.2) is 33.9 Å². The van der Waals surface area contributed by atoms with Gasteiger partial charge in [0.05, 0.1) is 0 Å². The van der Waals surface area contributed by atoms with Crippen LogP contribution >= 0.6 is 0 Å². The normalized spacial score (nSPS) is 16.3. The number of aromatic nitrogens is 2. The van der Waals surface area contributed by atoms with E-state index < -0.39 is 0 Å². The summed E-state index contributed by atoms with van der Waals surface area (Å²) in [6.45, 7) is 3.73. The number of likely N-dealkylation sites (tertiary alicyclic amines) is 1. The van der Waals surface area contributed by atoms with Gasteiger partial charge < -0.3 is 10.2 Å². The van der Waals surface area contributed by atoms with Crippen LogP contribution in [0.2, 0.25) is 0 Å². The Morgan fingerprint density at radius 1 is 1.08 bits per heavy atom. The van der Waals surface area contributed by atoms with Gasteiger partial charge in [0.2, 0.25) is 0 Å². The second-order valence-electron chi connectivity index (χ2n) is 6.27. The molecular formula is C19H24N4O. The first kappa shape index (κ1) is 16.4. The summed E-state index contributed by atoms with van der Waals surface area (Å²) in [5, 5.41) is 3.35. The van der Waals surface area contributed by atoms with E-state index in [-0.39, 0.29) is 11.9 Å². The molecule has 24 heavy (non-hydrogen) atoms. The van der Waals surface area contributed by atoms with E-state index in [0.29, 0.717) is 11.5 Å². The molecule has 1 amide bonds. The van der Waals surface area contributed by atoms with Crippen molar-refractivity contribution < 1.29 is 4.79 Å². The Morgan fingerprint density at radius 2 is 1.79 bits per heavy atom. The predicted molar refractivity (Wildman–Crippen MR) is 94.9 cm³/mol. The van der Waals surface area contributed by atoms with E-state index in [2.05, 4.69) is 34.3 Å². The number of hydrogen-bond acceptors (Lipinski definition) is 4. The zero-order valence-corrected chi connectivity index (χ0v) is 14.1. The minimum absolute atomic E-state index is 0.00899. The number of nitrogens with zero attached hydrogens (tertiary/aromatic N) is 3. The Hall–Kier alpha value is -2.43. The van der Waals surface area contributed by atoms with Crippen molar-refractivity contribution in [3.05, 3.63) is 54.0 Å². The molecule has 1 N–H and O–H groups in total. The van der Waals surface area contributed by atoms with Crippen LogP contribution < -0.4 is 5.32 Å². The first-order chi connectivity index (χ1) is 11.7. The second kappa shape index (κ2) is 7.90. The molecule has 0 bridgehead atoms. The number of nitrogens with one attached hydrogen (secondary N) is 1. The highest BCUT2D eigenvalue weighted by Gasteiger charge is 2.19. The van der Waals surface area contributed by atoms with Crippen LogP contribution in [0.25, 0.3) is 0 Å². The Morgan fingerprint density at radius 3 is 2.50 bits per heavy atom. The number of rotatable bonds is 4. The molecule has 0 saturated carbocycles. The van der Waals surface area contributed by atoms with Crippen LogP contribution in [-0.2, 0) is 0 Å². The van der Waals surface area contributed by atoms with E-state index in [0.717, 1.165) is 25.9 Å². The van der Waals surface area contributed by atoms with Gasteiger partial charge in [-0.15, -0.1) is 0 Å². The summed E-state index contributed by atoms with van der Waals surface area (Å²) in [6, 6.07) is 12.0. The summed E-state index contributed by atoms with van der Waals surface area (Å²) < 4.78 is 0. The molecule has 0 radical (unpaired) electrons. The number of anilines is 1. The number of hydrogen-bond donors (Lipinski definition) is 1. The number of benzene rings is 1. The Kier molecular flexibility index (Phi) is 5.41. The highest BCUT2D eigenvalue weighted by molar-refractivity contribution is 5.92. The molecule has 1 aromatic carbocycles. The van der Waals surface area contributed by atoms with Gasteiger partial charge in [-0.2, -0.15) is 0 Å². The van der Waals surface area contributed by atoms with Crippen molar-refractivity contribution in [2.24, 2.45) is 0 Å². The maximum absolute atomic E-state index is 12.7. The summed E-state index contributed by atoms with van der Waals surface area (Å²) in [5.41, 5.74) is 1.64. The molecule has 2 aromatic rings. The Labute approximate surface area is 143 Å². The fourth-order valence-corrected chi connectivity index (χ4v) is 3.04.